The van der Waals surface area contributed by atoms with Crippen LogP contribution >= 0.6 is 27.7 Å². The number of amides is 1. The zero-order valence-electron chi connectivity index (χ0n) is 16.2. The molecule has 0 aliphatic rings. The van der Waals surface area contributed by atoms with E-state index < -0.39 is 0 Å². The first-order valence-electron chi connectivity index (χ1n) is 8.99. The molecule has 3 rings (SSSR count). The third-order valence-electron chi connectivity index (χ3n) is 3.88. The Balaban J connectivity index is 1.65. The van der Waals surface area contributed by atoms with Gasteiger partial charge < -0.3 is 5.11 Å². The fourth-order valence-electron chi connectivity index (χ4n) is 2.52. The lowest BCUT2D eigenvalue weighted by molar-refractivity contribution is -0.118. The third-order valence-corrected chi connectivity index (χ3v) is 5.37. The molecule has 1 heterocycles. The SMILES string of the molecule is C=C(C)Cn1c(SCC(=O)N/N=C/c2ccc(O)cc2)nnc1-c1ccc(Br)cc1. The molecule has 1 amide bonds. The number of phenolic OH excluding ortho intramolecular Hbond substituents is 1. The summed E-state index contributed by atoms with van der Waals surface area (Å²) in [5, 5.41) is 22.4. The molecule has 0 saturated heterocycles. The highest BCUT2D eigenvalue weighted by atomic mass is 79.9. The summed E-state index contributed by atoms with van der Waals surface area (Å²) in [7, 11) is 0. The zero-order valence-corrected chi connectivity index (χ0v) is 18.7. The van der Waals surface area contributed by atoms with Crippen LogP contribution in [0.1, 0.15) is 12.5 Å². The molecule has 0 atom stereocenters. The first kappa shape index (κ1) is 21.8. The van der Waals surface area contributed by atoms with Crippen LogP contribution in [0.3, 0.4) is 0 Å². The Hall–Kier alpha value is -2.91. The molecule has 0 spiro atoms. The molecule has 30 heavy (non-hydrogen) atoms. The first-order valence-corrected chi connectivity index (χ1v) is 10.8. The van der Waals surface area contributed by atoms with Gasteiger partial charge in [-0.1, -0.05) is 52.0 Å². The van der Waals surface area contributed by atoms with E-state index in [2.05, 4.69) is 43.2 Å². The number of carbonyl (C=O) groups is 1. The number of aromatic nitrogens is 3. The van der Waals surface area contributed by atoms with Crippen LogP contribution in [0.5, 0.6) is 5.75 Å². The Labute approximate surface area is 187 Å². The van der Waals surface area contributed by atoms with Crippen LogP contribution in [-0.4, -0.2) is 37.7 Å². The van der Waals surface area contributed by atoms with Crippen molar-refractivity contribution in [3.05, 3.63) is 70.7 Å². The van der Waals surface area contributed by atoms with E-state index >= 15 is 0 Å². The van der Waals surface area contributed by atoms with E-state index in [-0.39, 0.29) is 17.4 Å². The standard InChI is InChI=1S/C21H20BrN5O2S/c1-14(2)12-27-20(16-5-7-17(22)8-6-16)25-26-21(27)30-13-19(29)24-23-11-15-3-9-18(28)10-4-15/h3-11,28H,1,12-13H2,2H3,(H,24,29)/b23-11+. The van der Waals surface area contributed by atoms with Crippen LogP contribution in [0.25, 0.3) is 11.4 Å². The number of phenols is 1. The van der Waals surface area contributed by atoms with Crippen LogP contribution in [0, 0.1) is 0 Å². The largest absolute Gasteiger partial charge is 0.508 e. The number of nitrogens with one attached hydrogen (secondary N) is 1. The highest BCUT2D eigenvalue weighted by Crippen LogP contribution is 2.26. The second-order valence-electron chi connectivity index (χ2n) is 6.53. The summed E-state index contributed by atoms with van der Waals surface area (Å²) in [6.07, 6.45) is 1.51. The molecule has 7 nitrogen and oxygen atoms in total. The van der Waals surface area contributed by atoms with Crippen molar-refractivity contribution in [1.29, 1.82) is 0 Å². The number of benzene rings is 2. The van der Waals surface area contributed by atoms with Crippen molar-refractivity contribution in [2.45, 2.75) is 18.6 Å². The van der Waals surface area contributed by atoms with Crippen LogP contribution in [-0.2, 0) is 11.3 Å². The monoisotopic (exact) mass is 485 g/mol. The molecule has 0 aliphatic heterocycles. The topological polar surface area (TPSA) is 92.4 Å². The van der Waals surface area contributed by atoms with E-state index in [9.17, 15) is 9.90 Å². The molecule has 0 unspecified atom stereocenters. The minimum absolute atomic E-state index is 0.140. The molecule has 0 fully saturated rings. The van der Waals surface area contributed by atoms with Gasteiger partial charge in [-0.2, -0.15) is 5.10 Å². The maximum atomic E-state index is 12.1. The van der Waals surface area contributed by atoms with E-state index in [1.807, 2.05) is 35.8 Å². The van der Waals surface area contributed by atoms with Gasteiger partial charge in [-0.25, -0.2) is 5.43 Å². The fraction of sp³-hybridized carbons (Fsp3) is 0.143. The van der Waals surface area contributed by atoms with Crippen molar-refractivity contribution >= 4 is 39.8 Å². The van der Waals surface area contributed by atoms with Crippen LogP contribution in [0.4, 0.5) is 0 Å². The third kappa shape index (κ3) is 6.04. The van der Waals surface area contributed by atoms with Crippen molar-refractivity contribution in [2.75, 3.05) is 5.75 Å². The average molecular weight is 486 g/mol. The van der Waals surface area contributed by atoms with Gasteiger partial charge in [0.2, 0.25) is 0 Å². The highest BCUT2D eigenvalue weighted by Gasteiger charge is 2.15. The predicted molar refractivity (Wildman–Crippen MR) is 123 cm³/mol. The lowest BCUT2D eigenvalue weighted by Crippen LogP contribution is -2.20. The number of allylic oxidation sites excluding steroid dienone is 1. The van der Waals surface area contributed by atoms with Crippen molar-refractivity contribution < 1.29 is 9.90 Å². The molecular formula is C21H20BrN5O2S. The van der Waals surface area contributed by atoms with Gasteiger partial charge in [-0.15, -0.1) is 10.2 Å². The van der Waals surface area contributed by atoms with Gasteiger partial charge in [-0.05, 0) is 48.9 Å². The Morgan fingerprint density at radius 2 is 1.93 bits per heavy atom. The minimum atomic E-state index is -0.259. The van der Waals surface area contributed by atoms with Crippen LogP contribution in [0.2, 0.25) is 0 Å². The highest BCUT2D eigenvalue weighted by molar-refractivity contribution is 9.10. The average Bonchev–Trinajstić information content (AvgIpc) is 3.10. The number of hydrogen-bond acceptors (Lipinski definition) is 6. The molecule has 0 bridgehead atoms. The van der Waals surface area contributed by atoms with E-state index in [1.165, 1.54) is 18.0 Å². The van der Waals surface area contributed by atoms with Crippen LogP contribution in [0.15, 0.2) is 75.4 Å². The predicted octanol–water partition coefficient (Wildman–Crippen LogP) is 4.23. The van der Waals surface area contributed by atoms with Gasteiger partial charge in [0.15, 0.2) is 11.0 Å². The number of rotatable bonds is 8. The Morgan fingerprint density at radius 1 is 1.23 bits per heavy atom. The van der Waals surface area contributed by atoms with Crippen molar-refractivity contribution in [3.8, 4) is 17.1 Å². The second kappa shape index (κ2) is 10.2. The summed E-state index contributed by atoms with van der Waals surface area (Å²) in [4.78, 5) is 12.1. The number of halogens is 1. The smallest absolute Gasteiger partial charge is 0.250 e. The maximum absolute atomic E-state index is 12.1. The van der Waals surface area contributed by atoms with E-state index in [0.29, 0.717) is 11.7 Å². The van der Waals surface area contributed by atoms with E-state index in [1.54, 1.807) is 24.3 Å². The quantitative estimate of drug-likeness (QED) is 0.215. The summed E-state index contributed by atoms with van der Waals surface area (Å²) in [6, 6.07) is 14.3. The van der Waals surface area contributed by atoms with Gasteiger partial charge in [-0.3, -0.25) is 9.36 Å². The fourth-order valence-corrected chi connectivity index (χ4v) is 3.52. The summed E-state index contributed by atoms with van der Waals surface area (Å²) in [5.41, 5.74) is 5.14. The molecular weight excluding hydrogens is 466 g/mol. The second-order valence-corrected chi connectivity index (χ2v) is 8.39. The molecule has 0 saturated carbocycles. The van der Waals surface area contributed by atoms with Crippen molar-refractivity contribution in [1.82, 2.24) is 20.2 Å². The number of hydrogen-bond donors (Lipinski definition) is 2. The molecule has 9 heteroatoms. The molecule has 2 N–H and O–H groups in total. The number of carbonyl (C=O) groups excluding carboxylic acids is 1. The lowest BCUT2D eigenvalue weighted by atomic mass is 10.2. The van der Waals surface area contributed by atoms with E-state index in [0.717, 1.165) is 27.0 Å². The molecule has 0 radical (unpaired) electrons. The molecule has 3 aromatic rings. The van der Waals surface area contributed by atoms with Gasteiger partial charge >= 0.3 is 0 Å². The van der Waals surface area contributed by atoms with Gasteiger partial charge in [0.05, 0.1) is 12.0 Å². The molecule has 154 valence electrons. The summed E-state index contributed by atoms with van der Waals surface area (Å²) in [6.45, 7) is 6.47. The number of aromatic hydroxyl groups is 1. The van der Waals surface area contributed by atoms with Crippen molar-refractivity contribution in [3.63, 3.8) is 0 Å². The number of nitrogens with zero attached hydrogens (tertiary/aromatic N) is 4. The Kier molecular flexibility index (Phi) is 7.42. The molecule has 0 aliphatic carbocycles. The number of thioether (sulfide) groups is 1. The maximum Gasteiger partial charge on any atom is 0.250 e. The summed E-state index contributed by atoms with van der Waals surface area (Å²) in [5.74, 6) is 0.777. The Bertz CT molecular complexity index is 1060. The van der Waals surface area contributed by atoms with E-state index in [4.69, 9.17) is 0 Å². The van der Waals surface area contributed by atoms with Gasteiger partial charge in [0, 0.05) is 16.6 Å². The lowest BCUT2D eigenvalue weighted by Gasteiger charge is -2.10. The number of hydrazone groups is 1. The summed E-state index contributed by atoms with van der Waals surface area (Å²) < 4.78 is 2.93. The van der Waals surface area contributed by atoms with Gasteiger partial charge in [0.1, 0.15) is 5.75 Å². The first-order chi connectivity index (χ1) is 14.4. The summed E-state index contributed by atoms with van der Waals surface area (Å²) >= 11 is 4.72. The van der Waals surface area contributed by atoms with Crippen LogP contribution < -0.4 is 5.43 Å². The normalized spacial score (nSPS) is 11.0. The Morgan fingerprint density at radius 3 is 2.60 bits per heavy atom. The zero-order chi connectivity index (χ0) is 21.5. The minimum Gasteiger partial charge on any atom is -0.508 e. The molecule has 2 aromatic carbocycles. The molecule has 1 aromatic heterocycles. The van der Waals surface area contributed by atoms with Crippen molar-refractivity contribution in [2.24, 2.45) is 5.10 Å². The van der Waals surface area contributed by atoms with Gasteiger partial charge in [0.25, 0.3) is 5.91 Å².